The second kappa shape index (κ2) is 7.33. The first-order chi connectivity index (χ1) is 12.1. The normalized spacial score (nSPS) is 10.6. The van der Waals surface area contributed by atoms with Crippen LogP contribution in [0.1, 0.15) is 5.69 Å². The van der Waals surface area contributed by atoms with E-state index in [2.05, 4.69) is 20.3 Å². The molecule has 0 spiro atoms. The van der Waals surface area contributed by atoms with E-state index >= 15 is 0 Å². The highest BCUT2D eigenvalue weighted by Crippen LogP contribution is 2.33. The van der Waals surface area contributed by atoms with Crippen LogP contribution in [-0.4, -0.2) is 46.3 Å². The summed E-state index contributed by atoms with van der Waals surface area (Å²) in [5.74, 6) is 1.82. The fourth-order valence-corrected chi connectivity index (χ4v) is 2.39. The van der Waals surface area contributed by atoms with Gasteiger partial charge < -0.3 is 24.8 Å². The number of fused-ring (bicyclic) bond motifs is 1. The summed E-state index contributed by atoms with van der Waals surface area (Å²) in [6.07, 6.45) is 2.89. The van der Waals surface area contributed by atoms with Gasteiger partial charge in [-0.25, -0.2) is 9.97 Å². The van der Waals surface area contributed by atoms with E-state index < -0.39 is 7.12 Å². The second-order valence-electron chi connectivity index (χ2n) is 5.26. The van der Waals surface area contributed by atoms with E-state index in [0.29, 0.717) is 29.3 Å². The molecule has 2 heterocycles. The molecule has 2 aromatic heterocycles. The van der Waals surface area contributed by atoms with E-state index in [-0.39, 0.29) is 0 Å². The van der Waals surface area contributed by atoms with Crippen LogP contribution < -0.4 is 20.3 Å². The Labute approximate surface area is 144 Å². The molecule has 8 nitrogen and oxygen atoms in total. The molecule has 3 N–H and O–H groups in total. The van der Waals surface area contributed by atoms with Crippen LogP contribution in [0, 0.1) is 0 Å². The van der Waals surface area contributed by atoms with Crippen molar-refractivity contribution in [2.24, 2.45) is 0 Å². The number of nitrogens with zero attached hydrogens (tertiary/aromatic N) is 3. The molecule has 0 saturated carbocycles. The number of nitrogens with one attached hydrogen (secondary N) is 1. The van der Waals surface area contributed by atoms with Gasteiger partial charge in [0, 0.05) is 23.1 Å². The highest BCUT2D eigenvalue weighted by atomic mass is 16.5. The van der Waals surface area contributed by atoms with Gasteiger partial charge in [-0.05, 0) is 12.1 Å². The van der Waals surface area contributed by atoms with Crippen LogP contribution in [0.3, 0.4) is 0 Å². The zero-order chi connectivity index (χ0) is 17.8. The largest absolute Gasteiger partial charge is 0.493 e. The van der Waals surface area contributed by atoms with Gasteiger partial charge >= 0.3 is 7.12 Å². The quantitative estimate of drug-likeness (QED) is 0.551. The number of hydrogen-bond acceptors (Lipinski definition) is 8. The number of pyridine rings is 1. The fraction of sp³-hybridized carbons (Fsp3) is 0.188. The maximum Gasteiger partial charge on any atom is 0.490 e. The highest BCUT2D eigenvalue weighted by molar-refractivity contribution is 6.58. The van der Waals surface area contributed by atoms with Crippen molar-refractivity contribution >= 4 is 29.3 Å². The number of ether oxygens (including phenoxy) is 2. The van der Waals surface area contributed by atoms with Crippen LogP contribution in [0.5, 0.6) is 11.5 Å². The zero-order valence-electron chi connectivity index (χ0n) is 13.8. The van der Waals surface area contributed by atoms with Crippen molar-refractivity contribution in [1.29, 1.82) is 0 Å². The third kappa shape index (κ3) is 3.62. The first kappa shape index (κ1) is 16.9. The minimum Gasteiger partial charge on any atom is -0.493 e. The van der Waals surface area contributed by atoms with Crippen molar-refractivity contribution in [2.75, 3.05) is 19.5 Å². The summed E-state index contributed by atoms with van der Waals surface area (Å²) in [5, 5.41) is 22.2. The smallest absolute Gasteiger partial charge is 0.490 e. The summed E-state index contributed by atoms with van der Waals surface area (Å²) >= 11 is 0. The van der Waals surface area contributed by atoms with E-state index in [1.807, 2.05) is 6.07 Å². The summed E-state index contributed by atoms with van der Waals surface area (Å²) in [4.78, 5) is 12.7. The Morgan fingerprint density at radius 2 is 1.80 bits per heavy atom. The van der Waals surface area contributed by atoms with Gasteiger partial charge in [-0.1, -0.05) is 6.07 Å². The summed E-state index contributed by atoms with van der Waals surface area (Å²) in [7, 11) is 1.62. The van der Waals surface area contributed by atoms with Gasteiger partial charge in [-0.3, -0.25) is 4.98 Å². The third-order valence-electron chi connectivity index (χ3n) is 3.72. The van der Waals surface area contributed by atoms with E-state index in [4.69, 9.17) is 19.5 Å². The Morgan fingerprint density at radius 3 is 2.44 bits per heavy atom. The molecule has 9 heteroatoms. The van der Waals surface area contributed by atoms with Crippen molar-refractivity contribution in [2.45, 2.75) is 6.54 Å². The minimum absolute atomic E-state index is 0.341. The number of rotatable bonds is 6. The van der Waals surface area contributed by atoms with Crippen LogP contribution in [0.4, 0.5) is 5.82 Å². The molecule has 0 fully saturated rings. The van der Waals surface area contributed by atoms with Crippen LogP contribution in [-0.2, 0) is 6.54 Å². The van der Waals surface area contributed by atoms with Gasteiger partial charge in [0.05, 0.1) is 32.0 Å². The third-order valence-corrected chi connectivity index (χ3v) is 3.72. The van der Waals surface area contributed by atoms with Gasteiger partial charge in [0.1, 0.15) is 12.1 Å². The molecule has 25 heavy (non-hydrogen) atoms. The molecule has 3 rings (SSSR count). The molecule has 0 radical (unpaired) electrons. The number of benzene rings is 1. The minimum atomic E-state index is -1.53. The number of hydrogen-bond donors (Lipinski definition) is 3. The van der Waals surface area contributed by atoms with E-state index in [0.717, 1.165) is 16.6 Å². The average molecular weight is 340 g/mol. The van der Waals surface area contributed by atoms with Gasteiger partial charge in [0.15, 0.2) is 11.5 Å². The molecular weight excluding hydrogens is 323 g/mol. The van der Waals surface area contributed by atoms with E-state index in [1.165, 1.54) is 12.5 Å². The molecule has 0 unspecified atom stereocenters. The average Bonchev–Trinajstić information content (AvgIpc) is 2.65. The standard InChI is InChI=1S/C16H17BN4O4/c1-24-14-5-12-13(6-15(14)25-2)20-9-21-16(12)19-8-11-4-3-10(7-18-11)17(22)23/h3-7,9,22-23H,8H2,1-2H3,(H,19,20,21). The van der Waals surface area contributed by atoms with Crippen LogP contribution in [0.15, 0.2) is 36.8 Å². The summed E-state index contributed by atoms with van der Waals surface area (Å²) < 4.78 is 10.6. The lowest BCUT2D eigenvalue weighted by Gasteiger charge is -2.12. The molecule has 0 aliphatic heterocycles. The van der Waals surface area contributed by atoms with Crippen molar-refractivity contribution in [3.63, 3.8) is 0 Å². The second-order valence-corrected chi connectivity index (χ2v) is 5.26. The van der Waals surface area contributed by atoms with Gasteiger partial charge in [0.25, 0.3) is 0 Å². The molecule has 0 aliphatic rings. The molecular formula is C16H17BN4O4. The molecule has 128 valence electrons. The Morgan fingerprint density at radius 1 is 1.04 bits per heavy atom. The molecule has 0 aliphatic carbocycles. The molecule has 1 aromatic carbocycles. The summed E-state index contributed by atoms with van der Waals surface area (Å²) in [6.45, 7) is 0.419. The maximum absolute atomic E-state index is 9.09. The Hall–Kier alpha value is -2.91. The lowest BCUT2D eigenvalue weighted by Crippen LogP contribution is -2.30. The topological polar surface area (TPSA) is 110 Å². The SMILES string of the molecule is COc1cc2ncnc(NCc3ccc(B(O)O)cn3)c2cc1OC. The molecule has 0 amide bonds. The zero-order valence-corrected chi connectivity index (χ0v) is 13.8. The Kier molecular flexibility index (Phi) is 4.96. The van der Waals surface area contributed by atoms with Gasteiger partial charge in [0.2, 0.25) is 0 Å². The number of anilines is 1. The number of methoxy groups -OCH3 is 2. The van der Waals surface area contributed by atoms with Crippen molar-refractivity contribution in [1.82, 2.24) is 15.0 Å². The Bertz CT molecular complexity index is 874. The van der Waals surface area contributed by atoms with Crippen LogP contribution in [0.25, 0.3) is 10.9 Å². The van der Waals surface area contributed by atoms with E-state index in [9.17, 15) is 0 Å². The van der Waals surface area contributed by atoms with Crippen LogP contribution >= 0.6 is 0 Å². The summed E-state index contributed by atoms with van der Waals surface area (Å²) in [5.41, 5.74) is 1.80. The van der Waals surface area contributed by atoms with Crippen molar-refractivity contribution in [3.05, 3.63) is 42.5 Å². The monoisotopic (exact) mass is 340 g/mol. The van der Waals surface area contributed by atoms with Crippen molar-refractivity contribution < 1.29 is 19.5 Å². The Balaban J connectivity index is 1.85. The molecule has 0 atom stereocenters. The fourth-order valence-electron chi connectivity index (χ4n) is 2.39. The van der Waals surface area contributed by atoms with Crippen LogP contribution in [0.2, 0.25) is 0 Å². The van der Waals surface area contributed by atoms with Gasteiger partial charge in [-0.15, -0.1) is 0 Å². The first-order valence-corrected chi connectivity index (χ1v) is 7.54. The lowest BCUT2D eigenvalue weighted by atomic mass is 9.82. The predicted molar refractivity (Wildman–Crippen MR) is 94.0 cm³/mol. The van der Waals surface area contributed by atoms with Gasteiger partial charge in [-0.2, -0.15) is 0 Å². The first-order valence-electron chi connectivity index (χ1n) is 7.54. The maximum atomic E-state index is 9.09. The van der Waals surface area contributed by atoms with E-state index in [1.54, 1.807) is 32.4 Å². The summed E-state index contributed by atoms with van der Waals surface area (Å²) in [6, 6.07) is 6.93. The predicted octanol–water partition coefficient (Wildman–Crippen LogP) is 0.334. The number of aromatic nitrogens is 3. The highest BCUT2D eigenvalue weighted by Gasteiger charge is 2.12. The van der Waals surface area contributed by atoms with Crippen molar-refractivity contribution in [3.8, 4) is 11.5 Å². The molecule has 3 aromatic rings. The molecule has 0 saturated heterocycles. The lowest BCUT2D eigenvalue weighted by molar-refractivity contribution is 0.356. The molecule has 0 bridgehead atoms.